The highest BCUT2D eigenvalue weighted by Gasteiger charge is 2.40. The zero-order valence-corrected chi connectivity index (χ0v) is 11.3. The lowest BCUT2D eigenvalue weighted by Gasteiger charge is -2.27. The zero-order chi connectivity index (χ0) is 12.6. The fraction of sp³-hybridized carbons (Fsp3) is 0.600. The van der Waals surface area contributed by atoms with Crippen molar-refractivity contribution in [2.45, 2.75) is 52.7 Å². The average molecular weight is 233 g/mol. The molecular formula is C15H23NO. The van der Waals surface area contributed by atoms with E-state index >= 15 is 0 Å². The summed E-state index contributed by atoms with van der Waals surface area (Å²) in [5.74, 6) is 0.989. The number of rotatable bonds is 2. The molecule has 1 aromatic rings. The topological polar surface area (TPSA) is 35.2 Å². The van der Waals surface area contributed by atoms with Crippen molar-refractivity contribution >= 4 is 0 Å². The summed E-state index contributed by atoms with van der Waals surface area (Å²) >= 11 is 0. The van der Waals surface area contributed by atoms with Gasteiger partial charge in [-0.1, -0.05) is 26.0 Å². The van der Waals surface area contributed by atoms with Crippen molar-refractivity contribution in [3.63, 3.8) is 0 Å². The van der Waals surface area contributed by atoms with E-state index in [-0.39, 0.29) is 17.6 Å². The van der Waals surface area contributed by atoms with Crippen LogP contribution in [0.1, 0.15) is 37.8 Å². The third-order valence-electron chi connectivity index (χ3n) is 4.21. The van der Waals surface area contributed by atoms with Crippen molar-refractivity contribution in [1.82, 2.24) is 0 Å². The van der Waals surface area contributed by atoms with Crippen molar-refractivity contribution in [1.29, 1.82) is 0 Å². The number of aryl methyl sites for hydroxylation is 1. The van der Waals surface area contributed by atoms with Crippen LogP contribution < -0.4 is 10.5 Å². The maximum absolute atomic E-state index is 6.27. The van der Waals surface area contributed by atoms with Crippen LogP contribution in [-0.2, 0) is 0 Å². The van der Waals surface area contributed by atoms with Gasteiger partial charge >= 0.3 is 0 Å². The van der Waals surface area contributed by atoms with Crippen LogP contribution in [0.4, 0.5) is 0 Å². The second kappa shape index (κ2) is 4.34. The highest BCUT2D eigenvalue weighted by Crippen LogP contribution is 2.38. The van der Waals surface area contributed by atoms with Crippen LogP contribution in [0.15, 0.2) is 18.2 Å². The SMILES string of the molecule is Cc1cccc(OC2CCC(C)(C)C2N)c1C. The summed E-state index contributed by atoms with van der Waals surface area (Å²) in [6, 6.07) is 6.33. The quantitative estimate of drug-likeness (QED) is 0.851. The maximum Gasteiger partial charge on any atom is 0.122 e. The number of nitrogens with two attached hydrogens (primary N) is 1. The zero-order valence-electron chi connectivity index (χ0n) is 11.3. The van der Waals surface area contributed by atoms with E-state index in [1.54, 1.807) is 0 Å². The van der Waals surface area contributed by atoms with Gasteiger partial charge in [0.2, 0.25) is 0 Å². The van der Waals surface area contributed by atoms with E-state index in [1.165, 1.54) is 11.1 Å². The van der Waals surface area contributed by atoms with Crippen LogP contribution in [0.5, 0.6) is 5.75 Å². The van der Waals surface area contributed by atoms with E-state index in [2.05, 4.69) is 33.8 Å². The minimum Gasteiger partial charge on any atom is -0.489 e. The summed E-state index contributed by atoms with van der Waals surface area (Å²) < 4.78 is 6.11. The molecule has 1 fully saturated rings. The van der Waals surface area contributed by atoms with Gasteiger partial charge in [0, 0.05) is 6.04 Å². The van der Waals surface area contributed by atoms with Crippen LogP contribution >= 0.6 is 0 Å². The Hall–Kier alpha value is -1.02. The van der Waals surface area contributed by atoms with Crippen molar-refractivity contribution in [2.24, 2.45) is 11.1 Å². The molecule has 1 aliphatic rings. The van der Waals surface area contributed by atoms with Crippen molar-refractivity contribution in [3.05, 3.63) is 29.3 Å². The van der Waals surface area contributed by atoms with E-state index in [1.807, 2.05) is 12.1 Å². The molecule has 1 aromatic carbocycles. The van der Waals surface area contributed by atoms with E-state index in [9.17, 15) is 0 Å². The molecule has 0 aliphatic heterocycles. The van der Waals surface area contributed by atoms with E-state index < -0.39 is 0 Å². The Morgan fingerprint density at radius 3 is 2.59 bits per heavy atom. The first-order valence-corrected chi connectivity index (χ1v) is 6.40. The Kier molecular flexibility index (Phi) is 3.17. The molecule has 2 heteroatoms. The standard InChI is InChI=1S/C15H23NO/c1-10-6-5-7-12(11(10)2)17-13-8-9-15(3,4)14(13)16/h5-7,13-14H,8-9,16H2,1-4H3. The second-order valence-electron chi connectivity index (χ2n) is 5.91. The van der Waals surface area contributed by atoms with Gasteiger partial charge in [0.1, 0.15) is 11.9 Å². The molecule has 0 amide bonds. The molecule has 0 spiro atoms. The average Bonchev–Trinajstić information content (AvgIpc) is 2.52. The van der Waals surface area contributed by atoms with Crippen LogP contribution in [0.2, 0.25) is 0 Å². The van der Waals surface area contributed by atoms with Gasteiger partial charge in [-0.25, -0.2) is 0 Å². The molecule has 17 heavy (non-hydrogen) atoms. The lowest BCUT2D eigenvalue weighted by molar-refractivity contribution is 0.164. The molecule has 2 nitrogen and oxygen atoms in total. The largest absolute Gasteiger partial charge is 0.489 e. The highest BCUT2D eigenvalue weighted by atomic mass is 16.5. The summed E-state index contributed by atoms with van der Waals surface area (Å²) in [6.07, 6.45) is 2.36. The van der Waals surface area contributed by atoms with Gasteiger partial charge in [-0.3, -0.25) is 0 Å². The number of ether oxygens (including phenoxy) is 1. The highest BCUT2D eigenvalue weighted by molar-refractivity contribution is 5.38. The molecule has 94 valence electrons. The first-order valence-electron chi connectivity index (χ1n) is 6.40. The molecule has 0 radical (unpaired) electrons. The minimum atomic E-state index is 0.127. The third kappa shape index (κ3) is 2.32. The summed E-state index contributed by atoms with van der Waals surface area (Å²) in [5.41, 5.74) is 8.96. The third-order valence-corrected chi connectivity index (χ3v) is 4.21. The Labute approximate surface area is 104 Å². The van der Waals surface area contributed by atoms with Crippen LogP contribution in [0.3, 0.4) is 0 Å². The summed E-state index contributed by atoms with van der Waals surface area (Å²) in [6.45, 7) is 8.67. The summed E-state index contributed by atoms with van der Waals surface area (Å²) in [4.78, 5) is 0. The molecule has 2 unspecified atom stereocenters. The predicted molar refractivity (Wildman–Crippen MR) is 71.3 cm³/mol. The van der Waals surface area contributed by atoms with E-state index in [0.29, 0.717) is 0 Å². The Morgan fingerprint density at radius 2 is 2.00 bits per heavy atom. The van der Waals surface area contributed by atoms with Gasteiger partial charge < -0.3 is 10.5 Å². The van der Waals surface area contributed by atoms with E-state index in [4.69, 9.17) is 10.5 Å². The molecule has 2 N–H and O–H groups in total. The van der Waals surface area contributed by atoms with Crippen LogP contribution in [-0.4, -0.2) is 12.1 Å². The summed E-state index contributed by atoms with van der Waals surface area (Å²) in [5, 5.41) is 0. The molecule has 1 saturated carbocycles. The molecule has 1 aliphatic carbocycles. The van der Waals surface area contributed by atoms with Crippen molar-refractivity contribution in [3.8, 4) is 5.75 Å². The van der Waals surface area contributed by atoms with Gasteiger partial charge in [-0.2, -0.15) is 0 Å². The molecule has 0 bridgehead atoms. The molecule has 0 aromatic heterocycles. The van der Waals surface area contributed by atoms with Crippen molar-refractivity contribution in [2.75, 3.05) is 0 Å². The van der Waals surface area contributed by atoms with Crippen molar-refractivity contribution < 1.29 is 4.74 Å². The molecule has 0 saturated heterocycles. The molecular weight excluding hydrogens is 210 g/mol. The lowest BCUT2D eigenvalue weighted by atomic mass is 9.88. The monoisotopic (exact) mass is 233 g/mol. The minimum absolute atomic E-state index is 0.127. The fourth-order valence-electron chi connectivity index (χ4n) is 2.51. The number of benzene rings is 1. The Balaban J connectivity index is 2.15. The molecule has 2 rings (SSSR count). The van der Waals surface area contributed by atoms with Crippen LogP contribution in [0.25, 0.3) is 0 Å². The Morgan fingerprint density at radius 1 is 1.29 bits per heavy atom. The maximum atomic E-state index is 6.27. The lowest BCUT2D eigenvalue weighted by Crippen LogP contribution is -2.42. The fourth-order valence-corrected chi connectivity index (χ4v) is 2.51. The number of hydrogen-bond acceptors (Lipinski definition) is 2. The van der Waals surface area contributed by atoms with Gasteiger partial charge in [-0.05, 0) is 49.3 Å². The van der Waals surface area contributed by atoms with E-state index in [0.717, 1.165) is 18.6 Å². The predicted octanol–water partition coefficient (Wildman–Crippen LogP) is 3.20. The number of hydrogen-bond donors (Lipinski definition) is 1. The molecule has 0 heterocycles. The van der Waals surface area contributed by atoms with Gasteiger partial charge in [-0.15, -0.1) is 0 Å². The summed E-state index contributed by atoms with van der Waals surface area (Å²) in [7, 11) is 0. The van der Waals surface area contributed by atoms with Gasteiger partial charge in [0.15, 0.2) is 0 Å². The first kappa shape index (κ1) is 12.4. The van der Waals surface area contributed by atoms with Gasteiger partial charge in [0.05, 0.1) is 0 Å². The van der Waals surface area contributed by atoms with Gasteiger partial charge in [0.25, 0.3) is 0 Å². The smallest absolute Gasteiger partial charge is 0.122 e. The van der Waals surface area contributed by atoms with Crippen LogP contribution in [0, 0.1) is 19.3 Å². The first-order chi connectivity index (χ1) is 7.92. The molecule has 2 atom stereocenters. The normalized spacial score (nSPS) is 27.1. The second-order valence-corrected chi connectivity index (χ2v) is 5.91. The Bertz CT molecular complexity index is 411.